The lowest BCUT2D eigenvalue weighted by Crippen LogP contribution is -2.25. The van der Waals surface area contributed by atoms with E-state index in [4.69, 9.17) is 4.89 Å². The van der Waals surface area contributed by atoms with Gasteiger partial charge in [0.25, 0.3) is 0 Å². The third-order valence-corrected chi connectivity index (χ3v) is 1.82. The predicted octanol–water partition coefficient (Wildman–Crippen LogP) is -0.338. The minimum atomic E-state index is -3.72. The number of carbonyl (C=O) groups is 1. The van der Waals surface area contributed by atoms with E-state index in [1.807, 2.05) is 5.09 Å². The van der Waals surface area contributed by atoms with Gasteiger partial charge in [-0.25, -0.2) is 19.5 Å². The van der Waals surface area contributed by atoms with Gasteiger partial charge >= 0.3 is 13.8 Å². The molecule has 10 heavy (non-hydrogen) atoms. The van der Waals surface area contributed by atoms with Crippen LogP contribution in [0.5, 0.6) is 0 Å². The highest BCUT2D eigenvalue weighted by atomic mass is 31.2. The van der Waals surface area contributed by atoms with E-state index < -0.39 is 13.8 Å². The second kappa shape index (κ2) is 3.55. The third-order valence-electron chi connectivity index (χ3n) is 0.731. The number of hydrogen-bond donors (Lipinski definition) is 3. The van der Waals surface area contributed by atoms with Crippen LogP contribution >= 0.6 is 7.67 Å². The van der Waals surface area contributed by atoms with Gasteiger partial charge in [-0.3, -0.25) is 0 Å². The van der Waals surface area contributed by atoms with E-state index in [1.54, 1.807) is 5.09 Å². The molecule has 0 heterocycles. The van der Waals surface area contributed by atoms with Crippen LogP contribution in [0.2, 0.25) is 0 Å². The molecule has 0 aromatic heterocycles. The first-order valence-corrected chi connectivity index (χ1v) is 4.06. The molecule has 0 radical (unpaired) electrons. The van der Waals surface area contributed by atoms with Gasteiger partial charge in [-0.15, -0.1) is 0 Å². The van der Waals surface area contributed by atoms with E-state index in [2.05, 4.69) is 4.74 Å². The van der Waals surface area contributed by atoms with Gasteiger partial charge in [0, 0.05) is 0 Å². The molecular weight excluding hydrogens is 159 g/mol. The summed E-state index contributed by atoms with van der Waals surface area (Å²) in [5.74, 6) is 0. The van der Waals surface area contributed by atoms with E-state index in [0.29, 0.717) is 0 Å². The third kappa shape index (κ3) is 3.45. The van der Waals surface area contributed by atoms with E-state index >= 15 is 0 Å². The molecule has 0 bridgehead atoms. The van der Waals surface area contributed by atoms with Gasteiger partial charge in [0.2, 0.25) is 0 Å². The molecule has 60 valence electrons. The lowest BCUT2D eigenvalue weighted by Gasteiger charge is -2.09. The number of hydrogen-bond acceptors (Lipinski definition) is 3. The van der Waals surface area contributed by atoms with Crippen molar-refractivity contribution < 1.29 is 19.0 Å². The second-order valence-corrected chi connectivity index (χ2v) is 3.23. The molecule has 0 aliphatic carbocycles. The first kappa shape index (κ1) is 9.42. The topological polar surface area (TPSA) is 87.7 Å². The van der Waals surface area contributed by atoms with Gasteiger partial charge < -0.3 is 9.63 Å². The first-order valence-electron chi connectivity index (χ1n) is 2.40. The van der Waals surface area contributed by atoms with E-state index in [9.17, 15) is 9.36 Å². The van der Waals surface area contributed by atoms with Crippen molar-refractivity contribution in [3.63, 3.8) is 0 Å². The van der Waals surface area contributed by atoms with Crippen LogP contribution in [0, 0.1) is 0 Å². The monoisotopic (exact) mass is 168 g/mol. The molecule has 0 saturated carbocycles. The molecule has 1 amide bonds. The molecule has 6 nitrogen and oxygen atoms in total. The summed E-state index contributed by atoms with van der Waals surface area (Å²) < 4.78 is 14.7. The molecule has 0 aromatic carbocycles. The highest BCUT2D eigenvalue weighted by molar-refractivity contribution is 7.54. The van der Waals surface area contributed by atoms with Crippen molar-refractivity contribution in [2.24, 2.45) is 0 Å². The van der Waals surface area contributed by atoms with E-state index in [-0.39, 0.29) is 0 Å². The van der Waals surface area contributed by atoms with Crippen molar-refractivity contribution in [2.45, 2.75) is 0 Å². The van der Waals surface area contributed by atoms with Crippen LogP contribution in [0.25, 0.3) is 0 Å². The maximum absolute atomic E-state index is 10.6. The molecule has 1 unspecified atom stereocenters. The average Bonchev–Trinajstić information content (AvgIpc) is 1.87. The Balaban J connectivity index is 3.89. The van der Waals surface area contributed by atoms with Crippen LogP contribution in [0.3, 0.4) is 0 Å². The largest absolute Gasteiger partial charge is 0.453 e. The number of nitrogens with one attached hydrogen (secondary N) is 2. The van der Waals surface area contributed by atoms with Crippen LogP contribution in [0.4, 0.5) is 4.79 Å². The summed E-state index contributed by atoms with van der Waals surface area (Å²) in [5.41, 5.74) is 0. The fraction of sp³-hybridized carbons (Fsp3) is 0.667. The van der Waals surface area contributed by atoms with Crippen molar-refractivity contribution >= 4 is 13.8 Å². The van der Waals surface area contributed by atoms with Crippen molar-refractivity contribution in [1.82, 2.24) is 10.2 Å². The Morgan fingerprint density at radius 2 is 2.20 bits per heavy atom. The maximum atomic E-state index is 10.6. The Kier molecular flexibility index (Phi) is 3.35. The Morgan fingerprint density at radius 3 is 2.50 bits per heavy atom. The number of rotatable bonds is 2. The zero-order valence-electron chi connectivity index (χ0n) is 5.62. The Morgan fingerprint density at radius 1 is 1.70 bits per heavy atom. The van der Waals surface area contributed by atoms with E-state index in [1.165, 1.54) is 7.05 Å². The fourth-order valence-corrected chi connectivity index (χ4v) is 0.676. The molecule has 0 saturated heterocycles. The average molecular weight is 168 g/mol. The summed E-state index contributed by atoms with van der Waals surface area (Å²) in [6, 6.07) is 0. The normalized spacial score (nSPS) is 15.5. The van der Waals surface area contributed by atoms with Crippen LogP contribution < -0.4 is 10.2 Å². The maximum Gasteiger partial charge on any atom is 0.415 e. The molecule has 7 heteroatoms. The minimum absolute atomic E-state index is 0.944. The summed E-state index contributed by atoms with van der Waals surface area (Å²) >= 11 is 0. The van der Waals surface area contributed by atoms with Gasteiger partial charge in [0.05, 0.1) is 7.11 Å². The molecule has 1 atom stereocenters. The van der Waals surface area contributed by atoms with Crippen molar-refractivity contribution in [1.29, 1.82) is 0 Å². The molecule has 3 N–H and O–H groups in total. The Labute approximate surface area is 58.1 Å². The highest BCUT2D eigenvalue weighted by Gasteiger charge is 2.17. The summed E-state index contributed by atoms with van der Waals surface area (Å²) in [4.78, 5) is 18.9. The van der Waals surface area contributed by atoms with Gasteiger partial charge in [-0.2, -0.15) is 0 Å². The van der Waals surface area contributed by atoms with Crippen LogP contribution in [0.1, 0.15) is 0 Å². The Bertz CT molecular complexity index is 170. The molecule has 0 aliphatic heterocycles. The van der Waals surface area contributed by atoms with E-state index in [0.717, 1.165) is 7.11 Å². The summed E-state index contributed by atoms with van der Waals surface area (Å²) in [6.45, 7) is 0. The van der Waals surface area contributed by atoms with Gasteiger partial charge in [-0.1, -0.05) is 0 Å². The van der Waals surface area contributed by atoms with Crippen LogP contribution in [-0.4, -0.2) is 25.1 Å². The number of methoxy groups -OCH3 is 1. The molecular formula is C3H9N2O4P. The second-order valence-electron chi connectivity index (χ2n) is 1.40. The van der Waals surface area contributed by atoms with Crippen molar-refractivity contribution in [3.8, 4) is 0 Å². The smallest absolute Gasteiger partial charge is 0.415 e. The SMILES string of the molecule is CNP(=O)(O)NC(=O)OC. The number of ether oxygens (including phenoxy) is 1. The summed E-state index contributed by atoms with van der Waals surface area (Å²) in [7, 11) is -1.37. The fourth-order valence-electron chi connectivity index (χ4n) is 0.225. The molecule has 0 rings (SSSR count). The quantitative estimate of drug-likeness (QED) is 0.491. The predicted molar refractivity (Wildman–Crippen MR) is 34.4 cm³/mol. The van der Waals surface area contributed by atoms with Gasteiger partial charge in [0.1, 0.15) is 0 Å². The van der Waals surface area contributed by atoms with Gasteiger partial charge in [0.15, 0.2) is 0 Å². The zero-order chi connectivity index (χ0) is 8.20. The first-order chi connectivity index (χ1) is 4.52. The Hall–Kier alpha value is -0.580. The molecule has 0 fully saturated rings. The van der Waals surface area contributed by atoms with Gasteiger partial charge in [-0.05, 0) is 7.05 Å². The van der Waals surface area contributed by atoms with Crippen LogP contribution in [0.15, 0.2) is 0 Å². The number of carbonyl (C=O) groups excluding carboxylic acids is 1. The minimum Gasteiger partial charge on any atom is -0.453 e. The lowest BCUT2D eigenvalue weighted by molar-refractivity contribution is 0.176. The zero-order valence-corrected chi connectivity index (χ0v) is 6.51. The summed E-state index contributed by atoms with van der Waals surface area (Å²) in [5, 5.41) is 3.70. The molecule has 0 aliphatic rings. The molecule has 0 aromatic rings. The summed E-state index contributed by atoms with van der Waals surface area (Å²) in [6.07, 6.45) is -0.944. The highest BCUT2D eigenvalue weighted by Crippen LogP contribution is 2.27. The van der Waals surface area contributed by atoms with Crippen LogP contribution in [-0.2, 0) is 9.30 Å². The number of amides is 1. The lowest BCUT2D eigenvalue weighted by atomic mass is 11.2. The van der Waals surface area contributed by atoms with Crippen molar-refractivity contribution in [2.75, 3.05) is 14.2 Å². The molecule has 0 spiro atoms. The van der Waals surface area contributed by atoms with Crippen molar-refractivity contribution in [3.05, 3.63) is 0 Å². The standard InChI is InChI=1S/C3H9N2O4P/c1-4-10(7,8)5-3(6)9-2/h1-2H3,(H3,4,5,6,7,8).